The van der Waals surface area contributed by atoms with Gasteiger partial charge in [-0.3, -0.25) is 25.5 Å². The van der Waals surface area contributed by atoms with Crippen molar-refractivity contribution in [3.8, 4) is 0 Å². The maximum absolute atomic E-state index is 12.6. The normalized spacial score (nSPS) is 17.8. The van der Waals surface area contributed by atoms with Gasteiger partial charge in [0.15, 0.2) is 0 Å². The number of pyridine rings is 1. The SMILES string of the molecule is CC(=N/O)/C(C)=N/O.CC(=N\O)/C(C)=N/O.COC(=O)C1(N2C(=O)c3ccccc3C2=O)CC=[C-]CC1.[Co].c1ccncc1. The van der Waals surface area contributed by atoms with E-state index in [4.69, 9.17) is 25.6 Å². The summed E-state index contributed by atoms with van der Waals surface area (Å²) in [5, 5.41) is 43.3. The van der Waals surface area contributed by atoms with Crippen LogP contribution in [0.4, 0.5) is 0 Å². The van der Waals surface area contributed by atoms with Crippen LogP contribution in [0.5, 0.6) is 0 Å². The molecule has 15 heteroatoms. The first-order valence-electron chi connectivity index (χ1n) is 12.8. The fourth-order valence-corrected chi connectivity index (χ4v) is 3.57. The third-order valence-electron chi connectivity index (χ3n) is 6.27. The number of ether oxygens (including phenoxy) is 1. The van der Waals surface area contributed by atoms with Crippen LogP contribution >= 0.6 is 0 Å². The summed E-state index contributed by atoms with van der Waals surface area (Å²) in [6.07, 6.45) is 9.29. The van der Waals surface area contributed by atoms with Gasteiger partial charge < -0.3 is 31.6 Å². The molecule has 2 aromatic rings. The zero-order valence-electron chi connectivity index (χ0n) is 24.8. The Morgan fingerprint density at radius 2 is 1.25 bits per heavy atom. The van der Waals surface area contributed by atoms with E-state index >= 15 is 0 Å². The molecule has 0 bridgehead atoms. The Bertz CT molecular complexity index is 1270. The summed E-state index contributed by atoms with van der Waals surface area (Å²) in [6.45, 7) is 6.15. The Hall–Kier alpha value is -4.89. The molecule has 4 rings (SSSR count). The minimum Gasteiger partial charge on any atom is -0.500 e. The van der Waals surface area contributed by atoms with E-state index in [-0.39, 0.29) is 23.2 Å². The number of hydrogen-bond donors (Lipinski definition) is 4. The molecule has 1 aliphatic heterocycles. The van der Waals surface area contributed by atoms with Crippen molar-refractivity contribution in [3.05, 3.63) is 78.1 Å². The second kappa shape index (κ2) is 20.1. The number of esters is 1. The van der Waals surface area contributed by atoms with E-state index in [1.807, 2.05) is 18.2 Å². The van der Waals surface area contributed by atoms with Crippen LogP contribution in [0.3, 0.4) is 0 Å². The van der Waals surface area contributed by atoms with Gasteiger partial charge in [-0.2, -0.15) is 6.42 Å². The number of rotatable bonds is 4. The number of allylic oxidation sites excluding steroid dienone is 1. The molecule has 0 spiro atoms. The number of carbonyl (C=O) groups excluding carboxylic acids is 3. The molecule has 0 fully saturated rings. The van der Waals surface area contributed by atoms with Crippen LogP contribution in [0.15, 0.2) is 81.6 Å². The summed E-state index contributed by atoms with van der Waals surface area (Å²) in [6, 6.07) is 12.3. The predicted molar refractivity (Wildman–Crippen MR) is 157 cm³/mol. The molecule has 4 N–H and O–H groups in total. The van der Waals surface area contributed by atoms with Gasteiger partial charge in [0.1, 0.15) is 28.4 Å². The largest absolute Gasteiger partial charge is 0.500 e. The number of carbonyl (C=O) groups is 3. The van der Waals surface area contributed by atoms with Gasteiger partial charge >= 0.3 is 5.97 Å². The first kappa shape index (κ1) is 39.1. The van der Waals surface area contributed by atoms with Gasteiger partial charge in [0.25, 0.3) is 11.8 Å². The number of hydrogen-bond acceptors (Lipinski definition) is 13. The number of methoxy groups -OCH3 is 1. The summed E-state index contributed by atoms with van der Waals surface area (Å²) >= 11 is 0. The minimum atomic E-state index is -1.26. The van der Waals surface area contributed by atoms with Gasteiger partial charge in [0.2, 0.25) is 0 Å². The molecule has 14 nitrogen and oxygen atoms in total. The molecular formula is C29H35CoN6O8-. The topological polar surface area (TPSA) is 207 Å². The molecule has 0 saturated heterocycles. The maximum Gasteiger partial charge on any atom is 0.332 e. The number of aromatic nitrogens is 1. The number of imide groups is 1. The monoisotopic (exact) mass is 654 g/mol. The summed E-state index contributed by atoms with van der Waals surface area (Å²) in [4.78, 5) is 42.3. The number of oxime groups is 4. The van der Waals surface area contributed by atoms with E-state index in [1.54, 1.807) is 42.7 Å². The number of benzene rings is 1. The fourth-order valence-electron chi connectivity index (χ4n) is 3.57. The minimum absolute atomic E-state index is 0. The van der Waals surface area contributed by atoms with Crippen LogP contribution in [-0.4, -0.2) is 84.0 Å². The van der Waals surface area contributed by atoms with Crippen molar-refractivity contribution < 1.29 is 56.7 Å². The molecular weight excluding hydrogens is 619 g/mol. The van der Waals surface area contributed by atoms with Crippen LogP contribution in [0.25, 0.3) is 0 Å². The molecule has 1 unspecified atom stereocenters. The van der Waals surface area contributed by atoms with Gasteiger partial charge in [-0.05, 0) is 64.8 Å². The predicted octanol–water partition coefficient (Wildman–Crippen LogP) is 4.19. The third-order valence-corrected chi connectivity index (χ3v) is 6.27. The van der Waals surface area contributed by atoms with E-state index in [2.05, 4.69) is 31.7 Å². The summed E-state index contributed by atoms with van der Waals surface area (Å²) in [7, 11) is 1.27. The molecule has 1 radical (unpaired) electrons. The van der Waals surface area contributed by atoms with E-state index in [9.17, 15) is 14.4 Å². The van der Waals surface area contributed by atoms with Gasteiger partial charge in [0.05, 0.1) is 18.2 Å². The maximum atomic E-state index is 12.6. The number of nitrogens with zero attached hydrogens (tertiary/aromatic N) is 6. The molecule has 1 aliphatic carbocycles. The van der Waals surface area contributed by atoms with E-state index in [1.165, 1.54) is 34.8 Å². The molecule has 44 heavy (non-hydrogen) atoms. The average Bonchev–Trinajstić information content (AvgIpc) is 3.34. The van der Waals surface area contributed by atoms with Gasteiger partial charge in [0, 0.05) is 29.2 Å². The Kier molecular flexibility index (Phi) is 17.9. The Labute approximate surface area is 265 Å². The number of fused-ring (bicyclic) bond motifs is 1. The summed E-state index contributed by atoms with van der Waals surface area (Å²) in [5.74, 6) is -1.43. The molecule has 1 atom stereocenters. The van der Waals surface area contributed by atoms with Gasteiger partial charge in [-0.1, -0.05) is 38.8 Å². The Morgan fingerprint density at radius 1 is 0.818 bits per heavy atom. The second-order valence-electron chi connectivity index (χ2n) is 8.89. The quantitative estimate of drug-likeness (QED) is 0.0930. The standard InChI is InChI=1S/C16H14NO4.C5H5N.2C4H8N2O2.Co/c1-21-15(20)16(9-5-2-6-10-16)17-13(18)11-7-3-4-8-12(11)14(17)19;1-2-4-6-5-3-1;2*1-3(5-7)4(2)6-8;/h3-5,7-8H,6,9-10H2,1H3;1-5H;2*7-8H,1-2H3;/q-1;;;;/b;;5-3+,6-4+;5-3-,6-4+;. The van der Waals surface area contributed by atoms with E-state index in [0.717, 1.165) is 4.90 Å². The molecule has 2 aliphatic rings. The van der Waals surface area contributed by atoms with Crippen LogP contribution in [0, 0.1) is 6.08 Å². The smallest absolute Gasteiger partial charge is 0.332 e. The van der Waals surface area contributed by atoms with Gasteiger partial charge in [-0.25, -0.2) is 4.79 Å². The average molecular weight is 655 g/mol. The van der Waals surface area contributed by atoms with Crippen molar-refractivity contribution in [1.29, 1.82) is 0 Å². The second-order valence-corrected chi connectivity index (χ2v) is 8.89. The first-order valence-corrected chi connectivity index (χ1v) is 12.8. The van der Waals surface area contributed by atoms with E-state index < -0.39 is 23.3 Å². The van der Waals surface area contributed by atoms with Crippen LogP contribution in [0.1, 0.15) is 67.7 Å². The molecule has 2 amide bonds. The Morgan fingerprint density at radius 3 is 1.52 bits per heavy atom. The van der Waals surface area contributed by atoms with E-state index in [0.29, 0.717) is 46.8 Å². The first-order chi connectivity index (χ1) is 20.6. The fraction of sp³-hybridized carbons (Fsp3) is 0.310. The van der Waals surface area contributed by atoms with Crippen molar-refractivity contribution in [1.82, 2.24) is 9.88 Å². The van der Waals surface area contributed by atoms with Crippen LogP contribution < -0.4 is 0 Å². The summed E-state index contributed by atoms with van der Waals surface area (Å²) in [5.41, 5.74) is 0.668. The molecule has 239 valence electrons. The zero-order chi connectivity index (χ0) is 32.4. The molecule has 1 aromatic heterocycles. The molecule has 1 aromatic carbocycles. The van der Waals surface area contributed by atoms with Gasteiger partial charge in [-0.15, -0.1) is 0 Å². The van der Waals surface area contributed by atoms with Crippen molar-refractivity contribution in [2.45, 2.75) is 52.5 Å². The van der Waals surface area contributed by atoms with Crippen molar-refractivity contribution in [2.24, 2.45) is 20.6 Å². The third kappa shape index (κ3) is 10.4. The number of amides is 2. The van der Waals surface area contributed by atoms with Crippen LogP contribution in [0.2, 0.25) is 0 Å². The zero-order valence-corrected chi connectivity index (χ0v) is 25.9. The molecule has 2 heterocycles. The van der Waals surface area contributed by atoms with Crippen molar-refractivity contribution in [3.63, 3.8) is 0 Å². The van der Waals surface area contributed by atoms with Crippen molar-refractivity contribution >= 4 is 40.6 Å². The molecule has 0 saturated carbocycles. The summed E-state index contributed by atoms with van der Waals surface area (Å²) < 4.78 is 4.87. The van der Waals surface area contributed by atoms with Crippen molar-refractivity contribution in [2.75, 3.05) is 7.11 Å². The Balaban J connectivity index is 0.000000665. The van der Waals surface area contributed by atoms with Crippen LogP contribution in [-0.2, 0) is 26.3 Å².